The lowest BCUT2D eigenvalue weighted by atomic mass is 10.2. The van der Waals surface area contributed by atoms with Gasteiger partial charge in [0.2, 0.25) is 0 Å². The van der Waals surface area contributed by atoms with Crippen molar-refractivity contribution in [2.45, 2.75) is 15.1 Å². The molecule has 0 bridgehead atoms. The summed E-state index contributed by atoms with van der Waals surface area (Å²) in [7, 11) is 0. The summed E-state index contributed by atoms with van der Waals surface area (Å²) < 4.78 is 49.7. The Labute approximate surface area is 146 Å². The van der Waals surface area contributed by atoms with Crippen molar-refractivity contribution in [1.82, 2.24) is 9.55 Å². The van der Waals surface area contributed by atoms with Crippen LogP contribution in [-0.2, 0) is 6.18 Å². The van der Waals surface area contributed by atoms with Crippen molar-refractivity contribution in [3.05, 3.63) is 40.3 Å². The monoisotopic (exact) mass is 412 g/mol. The number of thioether (sulfide) groups is 1. The first-order valence-corrected chi connectivity index (χ1v) is 7.66. The molecule has 0 radical (unpaired) electrons. The maximum absolute atomic E-state index is 13.1. The van der Waals surface area contributed by atoms with E-state index in [2.05, 4.69) is 4.98 Å². The van der Waals surface area contributed by atoms with Crippen LogP contribution in [0.4, 0.5) is 17.6 Å². The van der Waals surface area contributed by atoms with Crippen molar-refractivity contribution in [3.8, 4) is 5.69 Å². The van der Waals surface area contributed by atoms with E-state index in [0.717, 1.165) is 12.1 Å². The first kappa shape index (κ1) is 18.0. The van der Waals surface area contributed by atoms with E-state index in [4.69, 9.17) is 46.4 Å². The molecule has 1 heterocycles. The number of hydrogen-bond donors (Lipinski definition) is 0. The fraction of sp³-hybridized carbons (Fsp3) is 0.182. The van der Waals surface area contributed by atoms with Crippen LogP contribution in [0.2, 0.25) is 10.0 Å². The summed E-state index contributed by atoms with van der Waals surface area (Å²) in [4.78, 5) is 3.81. The smallest absolute Gasteiger partial charge is 0.302 e. The Hall–Kier alpha value is -0.340. The molecule has 0 amide bonds. The molecule has 120 valence electrons. The molecule has 1 aromatic heterocycles. The lowest BCUT2D eigenvalue weighted by molar-refractivity contribution is -0.137. The quantitative estimate of drug-likeness (QED) is 0.331. The third kappa shape index (κ3) is 4.35. The molecular formula is C11H4Cl4F4N2S. The van der Waals surface area contributed by atoms with E-state index >= 15 is 0 Å². The number of hydrogen-bond acceptors (Lipinski definition) is 2. The fourth-order valence-electron chi connectivity index (χ4n) is 1.57. The van der Waals surface area contributed by atoms with Crippen molar-refractivity contribution in [1.29, 1.82) is 0 Å². The molecular weight excluding hydrogens is 410 g/mol. The van der Waals surface area contributed by atoms with E-state index in [-0.39, 0.29) is 20.8 Å². The summed E-state index contributed by atoms with van der Waals surface area (Å²) >= 11 is 22.5. The molecule has 0 N–H and O–H groups in total. The number of halogens is 8. The highest BCUT2D eigenvalue weighted by Gasteiger charge is 2.32. The van der Waals surface area contributed by atoms with E-state index in [1.807, 2.05) is 0 Å². The number of nitrogens with zero attached hydrogens (tertiary/aromatic N) is 2. The van der Waals surface area contributed by atoms with Gasteiger partial charge in [-0.15, -0.1) is 0 Å². The van der Waals surface area contributed by atoms with Gasteiger partial charge < -0.3 is 4.57 Å². The van der Waals surface area contributed by atoms with Crippen LogP contribution in [0.5, 0.6) is 0 Å². The molecule has 2 rings (SSSR count). The number of rotatable bonds is 3. The van der Waals surface area contributed by atoms with Crippen LogP contribution in [0.3, 0.4) is 0 Å². The normalized spacial score (nSPS) is 12.7. The van der Waals surface area contributed by atoms with Gasteiger partial charge in [-0.25, -0.2) is 4.98 Å². The highest BCUT2D eigenvalue weighted by molar-refractivity contribution is 8.03. The lowest BCUT2D eigenvalue weighted by Crippen LogP contribution is -2.06. The van der Waals surface area contributed by atoms with Gasteiger partial charge in [0.15, 0.2) is 0 Å². The Balaban J connectivity index is 2.42. The molecule has 0 aliphatic heterocycles. The average molecular weight is 414 g/mol. The Bertz CT molecular complexity index is 673. The zero-order valence-corrected chi connectivity index (χ0v) is 14.0. The minimum atomic E-state index is -4.58. The second kappa shape index (κ2) is 6.28. The molecule has 2 nitrogen and oxygen atoms in total. The molecule has 0 aliphatic rings. The van der Waals surface area contributed by atoms with Gasteiger partial charge in [-0.05, 0) is 23.9 Å². The van der Waals surface area contributed by atoms with Crippen LogP contribution >= 0.6 is 58.2 Å². The minimum absolute atomic E-state index is 0.0734. The van der Waals surface area contributed by atoms with Gasteiger partial charge in [0.1, 0.15) is 11.4 Å². The van der Waals surface area contributed by atoms with Gasteiger partial charge >= 0.3 is 10.1 Å². The summed E-state index contributed by atoms with van der Waals surface area (Å²) in [6.07, 6.45) is -2.10. The second-order valence-corrected chi connectivity index (χ2v) is 7.64. The Morgan fingerprint density at radius 1 is 1.05 bits per heavy atom. The van der Waals surface area contributed by atoms with Gasteiger partial charge in [0.05, 0.1) is 21.3 Å². The predicted octanol–water partition coefficient (Wildman–Crippen LogP) is 6.35. The van der Waals surface area contributed by atoms with Crippen molar-refractivity contribution in [3.63, 3.8) is 0 Å². The molecule has 0 saturated carbocycles. The lowest BCUT2D eigenvalue weighted by Gasteiger charge is -2.12. The van der Waals surface area contributed by atoms with Crippen LogP contribution in [0.1, 0.15) is 5.56 Å². The Morgan fingerprint density at radius 3 is 2.05 bits per heavy atom. The van der Waals surface area contributed by atoms with Crippen LogP contribution < -0.4 is 0 Å². The summed E-state index contributed by atoms with van der Waals surface area (Å²) in [6, 6.07) is 1.47. The van der Waals surface area contributed by atoms with E-state index in [0.29, 0.717) is 11.8 Å². The SMILES string of the molecule is FC(Cl)(Cl)Sc1cn(-c2c(Cl)cc(C(F)(F)F)cc2Cl)cn1. The summed E-state index contributed by atoms with van der Waals surface area (Å²) in [5, 5.41) is -0.381. The topological polar surface area (TPSA) is 17.8 Å². The zero-order valence-electron chi connectivity index (χ0n) is 10.1. The summed E-state index contributed by atoms with van der Waals surface area (Å²) in [5.41, 5.74) is -0.908. The molecule has 0 atom stereocenters. The third-order valence-electron chi connectivity index (χ3n) is 2.38. The largest absolute Gasteiger partial charge is 0.416 e. The van der Waals surface area contributed by atoms with E-state index in [1.54, 1.807) is 0 Å². The third-order valence-corrected chi connectivity index (χ3v) is 4.07. The molecule has 0 aliphatic carbocycles. The molecule has 1 aromatic carbocycles. The average Bonchev–Trinajstić information content (AvgIpc) is 2.72. The van der Waals surface area contributed by atoms with Crippen molar-refractivity contribution in [2.75, 3.05) is 0 Å². The molecule has 0 unspecified atom stereocenters. The number of benzene rings is 1. The number of aromatic nitrogens is 2. The van der Waals surface area contributed by atoms with E-state index in [1.165, 1.54) is 17.1 Å². The van der Waals surface area contributed by atoms with Crippen molar-refractivity contribution < 1.29 is 17.6 Å². The van der Waals surface area contributed by atoms with Crippen molar-refractivity contribution in [2.24, 2.45) is 0 Å². The maximum Gasteiger partial charge on any atom is 0.416 e. The Morgan fingerprint density at radius 2 is 1.59 bits per heavy atom. The van der Waals surface area contributed by atoms with Crippen LogP contribution in [-0.4, -0.2) is 13.5 Å². The molecule has 11 heteroatoms. The first-order valence-electron chi connectivity index (χ1n) is 5.34. The van der Waals surface area contributed by atoms with Crippen LogP contribution in [0.15, 0.2) is 29.7 Å². The first-order chi connectivity index (χ1) is 9.97. The zero-order chi connectivity index (χ0) is 16.7. The van der Waals surface area contributed by atoms with E-state index in [9.17, 15) is 17.6 Å². The number of alkyl halides is 6. The predicted molar refractivity (Wildman–Crippen MR) is 80.0 cm³/mol. The molecule has 2 aromatic rings. The second-order valence-electron chi connectivity index (χ2n) is 3.95. The van der Waals surface area contributed by atoms with Gasteiger partial charge in [0.25, 0.3) is 0 Å². The van der Waals surface area contributed by atoms with Crippen LogP contribution in [0, 0.1) is 0 Å². The minimum Gasteiger partial charge on any atom is -0.302 e. The number of imidazole rings is 1. The standard InChI is InChI=1S/C11H4Cl4F4N2S/c12-6-1-5(10(16,17)18)2-7(13)9(6)21-3-8(20-4-21)22-11(14,15)19/h1-4H. The highest BCUT2D eigenvalue weighted by Crippen LogP contribution is 2.42. The summed E-state index contributed by atoms with van der Waals surface area (Å²) in [6.45, 7) is 0. The van der Waals surface area contributed by atoms with Crippen molar-refractivity contribution >= 4 is 58.2 Å². The van der Waals surface area contributed by atoms with Crippen LogP contribution in [0.25, 0.3) is 5.69 Å². The highest BCUT2D eigenvalue weighted by atomic mass is 35.5. The fourth-order valence-corrected chi connectivity index (χ4v) is 3.23. The van der Waals surface area contributed by atoms with Gasteiger partial charge in [-0.1, -0.05) is 46.4 Å². The van der Waals surface area contributed by atoms with Gasteiger partial charge in [0, 0.05) is 6.20 Å². The van der Waals surface area contributed by atoms with Gasteiger partial charge in [-0.2, -0.15) is 17.6 Å². The van der Waals surface area contributed by atoms with E-state index < -0.39 is 15.7 Å². The molecule has 0 spiro atoms. The molecule has 22 heavy (non-hydrogen) atoms. The van der Waals surface area contributed by atoms with Gasteiger partial charge in [-0.3, -0.25) is 0 Å². The molecule has 0 fully saturated rings. The Kier molecular flexibility index (Phi) is 5.14. The maximum atomic E-state index is 13.1. The molecule has 0 saturated heterocycles. The summed E-state index contributed by atoms with van der Waals surface area (Å²) in [5.74, 6) is 0.